The van der Waals surface area contributed by atoms with E-state index in [-0.39, 0.29) is 24.9 Å². The number of amides is 1. The second kappa shape index (κ2) is 10.8. The Morgan fingerprint density at radius 3 is 2.51 bits per heavy atom. The lowest BCUT2D eigenvalue weighted by Gasteiger charge is -2.53. The molecular formula is C28H33Cl2F3N6O2. The van der Waals surface area contributed by atoms with E-state index in [0.29, 0.717) is 31.1 Å². The highest BCUT2D eigenvalue weighted by molar-refractivity contribution is 6.31. The van der Waals surface area contributed by atoms with Crippen molar-refractivity contribution in [2.24, 2.45) is 11.1 Å². The van der Waals surface area contributed by atoms with Gasteiger partial charge in [-0.2, -0.15) is 13.2 Å². The minimum atomic E-state index is -4.73. The minimum absolute atomic E-state index is 0.105. The summed E-state index contributed by atoms with van der Waals surface area (Å²) in [5.74, 6) is 0.105. The van der Waals surface area contributed by atoms with Crippen LogP contribution in [0.15, 0.2) is 30.3 Å². The molecule has 3 unspecified atom stereocenters. The number of nitrogens with zero attached hydrogens (tertiary/aromatic N) is 4. The third-order valence-corrected chi connectivity index (χ3v) is 8.72. The number of H-pyrrole nitrogens is 1. The van der Waals surface area contributed by atoms with Gasteiger partial charge in [-0.25, -0.2) is 9.78 Å². The van der Waals surface area contributed by atoms with Crippen LogP contribution in [0.5, 0.6) is 0 Å². The lowest BCUT2D eigenvalue weighted by molar-refractivity contribution is -0.141. The summed E-state index contributed by atoms with van der Waals surface area (Å²) < 4.78 is 41.3. The van der Waals surface area contributed by atoms with Crippen LogP contribution in [0.4, 0.5) is 23.8 Å². The number of hydrogen-bond donors (Lipinski definition) is 3. The van der Waals surface area contributed by atoms with Gasteiger partial charge in [0.05, 0.1) is 23.1 Å². The molecule has 1 amide bonds. The number of aromatic amines is 1. The van der Waals surface area contributed by atoms with E-state index in [2.05, 4.69) is 14.9 Å². The SMILES string of the molecule is CC(C)(C)C1C(CN2CCc3c([nH]c4ccc(Cl)cc34)C2CN)N(c2ccc(Cl)c(C(F)(F)F)n2)CCN1C(=O)O. The molecule has 41 heavy (non-hydrogen) atoms. The first-order valence-electron chi connectivity index (χ1n) is 13.4. The largest absolute Gasteiger partial charge is 0.465 e. The smallest absolute Gasteiger partial charge is 0.434 e. The number of aromatic nitrogens is 2. The van der Waals surface area contributed by atoms with Crippen molar-refractivity contribution in [3.63, 3.8) is 0 Å². The summed E-state index contributed by atoms with van der Waals surface area (Å²) in [6, 6.07) is 7.07. The van der Waals surface area contributed by atoms with Crippen LogP contribution < -0.4 is 10.6 Å². The fourth-order valence-electron chi connectivity index (χ4n) is 6.55. The highest BCUT2D eigenvalue weighted by Crippen LogP contribution is 2.40. The number of carboxylic acid groups (broad SMARTS) is 1. The molecule has 0 radical (unpaired) electrons. The van der Waals surface area contributed by atoms with E-state index in [0.717, 1.165) is 22.2 Å². The maximum absolute atomic E-state index is 13.8. The summed E-state index contributed by atoms with van der Waals surface area (Å²) in [5, 5.41) is 11.3. The number of rotatable bonds is 4. The molecule has 5 rings (SSSR count). The monoisotopic (exact) mass is 612 g/mol. The number of pyridine rings is 1. The molecule has 2 aliphatic rings. The van der Waals surface area contributed by atoms with Gasteiger partial charge in [-0.3, -0.25) is 4.90 Å². The molecule has 3 aromatic rings. The number of carbonyl (C=O) groups is 1. The van der Waals surface area contributed by atoms with Crippen molar-refractivity contribution in [3.8, 4) is 0 Å². The second-order valence-corrected chi connectivity index (χ2v) is 12.6. The van der Waals surface area contributed by atoms with Gasteiger partial charge >= 0.3 is 12.3 Å². The quantitative estimate of drug-likeness (QED) is 0.332. The van der Waals surface area contributed by atoms with E-state index in [1.807, 2.05) is 39.0 Å². The van der Waals surface area contributed by atoms with E-state index in [4.69, 9.17) is 28.9 Å². The normalized spacial score (nSPS) is 22.3. The maximum Gasteiger partial charge on any atom is 0.434 e. The second-order valence-electron chi connectivity index (χ2n) is 11.7. The van der Waals surface area contributed by atoms with E-state index in [1.165, 1.54) is 17.0 Å². The first-order chi connectivity index (χ1) is 19.2. The van der Waals surface area contributed by atoms with Crippen LogP contribution in [0, 0.1) is 5.41 Å². The lowest BCUT2D eigenvalue weighted by Crippen LogP contribution is -2.68. The van der Waals surface area contributed by atoms with E-state index < -0.39 is 40.5 Å². The Morgan fingerprint density at radius 2 is 1.88 bits per heavy atom. The molecule has 1 fully saturated rings. The Morgan fingerprint density at radius 1 is 1.15 bits per heavy atom. The number of nitrogens with two attached hydrogens (primary N) is 1. The Balaban J connectivity index is 1.57. The molecule has 222 valence electrons. The van der Waals surface area contributed by atoms with E-state index in [1.54, 1.807) is 4.90 Å². The zero-order chi connectivity index (χ0) is 29.9. The predicted octanol–water partition coefficient (Wildman–Crippen LogP) is 6.03. The van der Waals surface area contributed by atoms with Crippen molar-refractivity contribution < 1.29 is 23.1 Å². The van der Waals surface area contributed by atoms with Crippen molar-refractivity contribution in [2.45, 2.75) is 51.5 Å². The summed E-state index contributed by atoms with van der Waals surface area (Å²) in [5.41, 5.74) is 7.70. The number of fused-ring (bicyclic) bond motifs is 3. The van der Waals surface area contributed by atoms with Crippen molar-refractivity contribution in [1.82, 2.24) is 19.8 Å². The number of hydrogen-bond acceptors (Lipinski definition) is 5. The van der Waals surface area contributed by atoms with Crippen LogP contribution in [0.3, 0.4) is 0 Å². The van der Waals surface area contributed by atoms with Crippen LogP contribution >= 0.6 is 23.2 Å². The van der Waals surface area contributed by atoms with Crippen molar-refractivity contribution in [1.29, 1.82) is 0 Å². The molecule has 2 aliphatic heterocycles. The number of nitrogens with one attached hydrogen (secondary N) is 1. The highest BCUT2D eigenvalue weighted by Gasteiger charge is 2.47. The van der Waals surface area contributed by atoms with Gasteiger partial charge in [-0.1, -0.05) is 44.0 Å². The maximum atomic E-state index is 13.8. The van der Waals surface area contributed by atoms with Gasteiger partial charge in [0, 0.05) is 54.3 Å². The molecule has 0 aliphatic carbocycles. The van der Waals surface area contributed by atoms with Crippen LogP contribution in [0.25, 0.3) is 10.9 Å². The van der Waals surface area contributed by atoms with E-state index >= 15 is 0 Å². The summed E-state index contributed by atoms with van der Waals surface area (Å²) in [6.45, 7) is 7.39. The number of benzene rings is 1. The van der Waals surface area contributed by atoms with Gasteiger partial charge in [0.25, 0.3) is 0 Å². The zero-order valence-electron chi connectivity index (χ0n) is 23.0. The fraction of sp³-hybridized carbons (Fsp3) is 0.500. The standard InChI is InChI=1S/C28H33Cl2F3N6O2/c1-27(2,3)25-21(14-37-9-8-16-17-12-15(29)4-6-19(17)35-23(16)20(37)13-34)38(10-11-39(25)26(40)41)22-7-5-18(30)24(36-22)28(31,32)33/h4-7,12,20-21,25,35H,8-11,13-14,34H2,1-3H3,(H,40,41). The Labute approximate surface area is 246 Å². The zero-order valence-corrected chi connectivity index (χ0v) is 24.5. The number of halogens is 5. The van der Waals surface area contributed by atoms with Gasteiger partial charge in [0.2, 0.25) is 0 Å². The van der Waals surface area contributed by atoms with Crippen molar-refractivity contribution in [3.05, 3.63) is 57.3 Å². The molecule has 1 aromatic carbocycles. The summed E-state index contributed by atoms with van der Waals surface area (Å²) in [7, 11) is 0. The topological polar surface area (TPSA) is 102 Å². The molecule has 0 saturated carbocycles. The third-order valence-electron chi connectivity index (χ3n) is 8.18. The molecule has 1 saturated heterocycles. The van der Waals surface area contributed by atoms with Gasteiger partial charge in [0.15, 0.2) is 5.69 Å². The average Bonchev–Trinajstić information content (AvgIpc) is 3.25. The Kier molecular flexibility index (Phi) is 7.86. The van der Waals surface area contributed by atoms with Crippen LogP contribution in [-0.4, -0.2) is 75.8 Å². The molecular weight excluding hydrogens is 580 g/mol. The van der Waals surface area contributed by atoms with Crippen LogP contribution in [-0.2, 0) is 12.6 Å². The van der Waals surface area contributed by atoms with Gasteiger partial charge in [-0.05, 0) is 47.7 Å². The molecule has 4 N–H and O–H groups in total. The molecule has 0 spiro atoms. The fourth-order valence-corrected chi connectivity index (χ4v) is 6.93. The summed E-state index contributed by atoms with van der Waals surface area (Å²) in [4.78, 5) is 25.3. The van der Waals surface area contributed by atoms with Crippen LogP contribution in [0.1, 0.15) is 43.8 Å². The van der Waals surface area contributed by atoms with Crippen molar-refractivity contribution in [2.75, 3.05) is 37.6 Å². The lowest BCUT2D eigenvalue weighted by atomic mass is 9.78. The number of alkyl halides is 3. The van der Waals surface area contributed by atoms with Crippen molar-refractivity contribution >= 4 is 46.0 Å². The number of piperazine rings is 1. The summed E-state index contributed by atoms with van der Waals surface area (Å²) >= 11 is 12.2. The van der Waals surface area contributed by atoms with E-state index in [9.17, 15) is 23.1 Å². The molecule has 13 heteroatoms. The third kappa shape index (κ3) is 5.57. The number of anilines is 1. The summed E-state index contributed by atoms with van der Waals surface area (Å²) in [6.07, 6.45) is -5.10. The molecule has 2 aromatic heterocycles. The Bertz CT molecular complexity index is 1460. The molecule has 8 nitrogen and oxygen atoms in total. The minimum Gasteiger partial charge on any atom is -0.465 e. The first-order valence-corrected chi connectivity index (χ1v) is 14.2. The molecule has 3 atom stereocenters. The average molecular weight is 614 g/mol. The van der Waals surface area contributed by atoms with Gasteiger partial charge in [0.1, 0.15) is 5.82 Å². The predicted molar refractivity (Wildman–Crippen MR) is 154 cm³/mol. The van der Waals surface area contributed by atoms with Gasteiger partial charge in [-0.15, -0.1) is 0 Å². The molecule has 4 heterocycles. The van der Waals surface area contributed by atoms with Crippen LogP contribution in [0.2, 0.25) is 10.0 Å². The Hall–Kier alpha value is -2.73. The molecule has 0 bridgehead atoms. The highest BCUT2D eigenvalue weighted by atomic mass is 35.5. The first kappa shape index (κ1) is 29.8. The van der Waals surface area contributed by atoms with Gasteiger partial charge < -0.3 is 25.6 Å².